The molecule has 0 aliphatic carbocycles. The van der Waals surface area contributed by atoms with E-state index in [0.717, 1.165) is 18.2 Å². The van der Waals surface area contributed by atoms with Crippen LogP contribution in [0.4, 0.5) is 13.2 Å². The monoisotopic (exact) mass is 379 g/mol. The number of halogens is 4. The Kier molecular flexibility index (Phi) is 5.05. The largest absolute Gasteiger partial charge is 0.453 e. The van der Waals surface area contributed by atoms with Crippen LogP contribution in [0.5, 0.6) is 11.5 Å². The highest BCUT2D eigenvalue weighted by Gasteiger charge is 2.20. The first-order valence-corrected chi connectivity index (χ1v) is 8.48. The molecule has 2 aromatic carbocycles. The predicted molar refractivity (Wildman–Crippen MR) is 80.2 cm³/mol. The van der Waals surface area contributed by atoms with Crippen molar-refractivity contribution >= 4 is 27.5 Å². The molecule has 1 N–H and O–H groups in total. The summed E-state index contributed by atoms with van der Waals surface area (Å²) in [6.45, 7) is 0. The molecule has 128 valence electrons. The maximum Gasteiger partial charge on any atom is 0.267 e. The number of hydrogen-bond acceptors (Lipinski definition) is 4. The number of nitrogens with one attached hydrogen (secondary N) is 1. The number of sulfonamides is 1. The molecule has 0 atom stereocenters. The summed E-state index contributed by atoms with van der Waals surface area (Å²) in [5.41, 5.74) is -0.824. The van der Waals surface area contributed by atoms with Crippen LogP contribution in [-0.2, 0) is 10.0 Å². The van der Waals surface area contributed by atoms with Gasteiger partial charge in [-0.25, -0.2) is 26.3 Å². The molecule has 0 unspecified atom stereocenters. The Morgan fingerprint density at radius 2 is 1.75 bits per heavy atom. The number of ether oxygens (including phenoxy) is 1. The van der Waals surface area contributed by atoms with Crippen molar-refractivity contribution in [2.45, 2.75) is 0 Å². The first-order chi connectivity index (χ1) is 11.1. The van der Waals surface area contributed by atoms with Gasteiger partial charge in [-0.15, -0.1) is 0 Å². The molecule has 10 heteroatoms. The minimum absolute atomic E-state index is 0.135. The SMILES string of the molecule is CS(=O)(=O)NC(=O)c1cc(F)c(Oc2ccc(F)cc2Cl)cc1F. The van der Waals surface area contributed by atoms with Gasteiger partial charge in [0, 0.05) is 6.07 Å². The Bertz CT molecular complexity index is 918. The molecule has 0 aliphatic rings. The van der Waals surface area contributed by atoms with Crippen molar-refractivity contribution in [1.29, 1.82) is 0 Å². The third kappa shape index (κ3) is 4.39. The fourth-order valence-corrected chi connectivity index (χ4v) is 2.33. The molecule has 24 heavy (non-hydrogen) atoms. The molecule has 1 amide bonds. The van der Waals surface area contributed by atoms with Gasteiger partial charge in [-0.3, -0.25) is 4.79 Å². The van der Waals surface area contributed by atoms with E-state index in [4.69, 9.17) is 16.3 Å². The summed E-state index contributed by atoms with van der Waals surface area (Å²) in [7, 11) is -3.94. The topological polar surface area (TPSA) is 72.5 Å². The van der Waals surface area contributed by atoms with E-state index in [-0.39, 0.29) is 10.8 Å². The Balaban J connectivity index is 2.34. The van der Waals surface area contributed by atoms with Crippen LogP contribution in [0.3, 0.4) is 0 Å². The van der Waals surface area contributed by atoms with Crippen molar-refractivity contribution in [3.05, 3.63) is 58.4 Å². The molecule has 0 spiro atoms. The molecular weight excluding hydrogens is 371 g/mol. The highest BCUT2D eigenvalue weighted by molar-refractivity contribution is 7.89. The number of rotatable bonds is 4. The molecular formula is C14H9ClF3NO4S. The Morgan fingerprint density at radius 3 is 2.33 bits per heavy atom. The van der Waals surface area contributed by atoms with Crippen LogP contribution in [-0.4, -0.2) is 20.6 Å². The summed E-state index contributed by atoms with van der Waals surface area (Å²) >= 11 is 5.71. The van der Waals surface area contributed by atoms with Gasteiger partial charge in [0.15, 0.2) is 11.6 Å². The summed E-state index contributed by atoms with van der Waals surface area (Å²) in [4.78, 5) is 11.6. The molecule has 0 radical (unpaired) electrons. The van der Waals surface area contributed by atoms with Crippen LogP contribution in [0.15, 0.2) is 30.3 Å². The molecule has 0 saturated heterocycles. The van der Waals surface area contributed by atoms with Crippen molar-refractivity contribution in [3.63, 3.8) is 0 Å². The van der Waals surface area contributed by atoms with Gasteiger partial charge < -0.3 is 4.74 Å². The molecule has 0 saturated carbocycles. The smallest absolute Gasteiger partial charge is 0.267 e. The maximum atomic E-state index is 14.0. The molecule has 2 aromatic rings. The van der Waals surface area contributed by atoms with Crippen LogP contribution in [0.1, 0.15) is 10.4 Å². The first-order valence-electron chi connectivity index (χ1n) is 6.21. The van der Waals surface area contributed by atoms with Crippen LogP contribution in [0.2, 0.25) is 5.02 Å². The standard InChI is InChI=1S/C14H9ClF3NO4S/c1-24(21,22)19-14(20)8-5-11(18)13(6-10(8)17)23-12-3-2-7(16)4-9(12)15/h2-6H,1H3,(H,19,20). The number of benzene rings is 2. The molecule has 0 aromatic heterocycles. The maximum absolute atomic E-state index is 14.0. The molecule has 0 heterocycles. The minimum Gasteiger partial charge on any atom is -0.453 e. The average molecular weight is 380 g/mol. The molecule has 0 bridgehead atoms. The predicted octanol–water partition coefficient (Wildman–Crippen LogP) is 3.24. The van der Waals surface area contributed by atoms with Crippen LogP contribution < -0.4 is 9.46 Å². The first kappa shape index (κ1) is 18.1. The van der Waals surface area contributed by atoms with Gasteiger partial charge in [0.1, 0.15) is 17.4 Å². The van der Waals surface area contributed by atoms with Gasteiger partial charge >= 0.3 is 0 Å². The quantitative estimate of drug-likeness (QED) is 0.885. The van der Waals surface area contributed by atoms with Gasteiger partial charge in [0.2, 0.25) is 10.0 Å². The van der Waals surface area contributed by atoms with Gasteiger partial charge in [0.25, 0.3) is 5.91 Å². The Labute approximate surface area is 140 Å². The Hall–Kier alpha value is -2.26. The average Bonchev–Trinajstić information content (AvgIpc) is 2.43. The van der Waals surface area contributed by atoms with Crippen LogP contribution >= 0.6 is 11.6 Å². The van der Waals surface area contributed by atoms with E-state index in [1.807, 2.05) is 0 Å². The van der Waals surface area contributed by atoms with Crippen LogP contribution in [0, 0.1) is 17.5 Å². The third-order valence-corrected chi connectivity index (χ3v) is 3.51. The van der Waals surface area contributed by atoms with Gasteiger partial charge in [0.05, 0.1) is 16.8 Å². The lowest BCUT2D eigenvalue weighted by Crippen LogP contribution is -2.30. The molecule has 5 nitrogen and oxygen atoms in total. The van der Waals surface area contributed by atoms with E-state index in [1.165, 1.54) is 4.72 Å². The Morgan fingerprint density at radius 1 is 1.08 bits per heavy atom. The summed E-state index contributed by atoms with van der Waals surface area (Å²) in [6.07, 6.45) is 0.688. The van der Waals surface area contributed by atoms with E-state index in [9.17, 15) is 26.4 Å². The summed E-state index contributed by atoms with van der Waals surface area (Å²) in [5, 5.41) is -0.172. The lowest BCUT2D eigenvalue weighted by Gasteiger charge is -2.10. The fraction of sp³-hybridized carbons (Fsp3) is 0.0714. The van der Waals surface area contributed by atoms with Gasteiger partial charge in [-0.2, -0.15) is 0 Å². The van der Waals surface area contributed by atoms with Crippen molar-refractivity contribution in [3.8, 4) is 11.5 Å². The molecule has 2 rings (SSSR count). The number of amides is 1. The van der Waals surface area contributed by atoms with E-state index < -0.39 is 44.7 Å². The summed E-state index contributed by atoms with van der Waals surface area (Å²) in [5.74, 6) is -5.09. The fourth-order valence-electron chi connectivity index (χ4n) is 1.68. The van der Waals surface area contributed by atoms with E-state index >= 15 is 0 Å². The normalized spacial score (nSPS) is 11.2. The van der Waals surface area contributed by atoms with Crippen molar-refractivity contribution in [2.24, 2.45) is 0 Å². The summed E-state index contributed by atoms with van der Waals surface area (Å²) < 4.78 is 69.3. The van der Waals surface area contributed by atoms with E-state index in [0.29, 0.717) is 18.4 Å². The summed E-state index contributed by atoms with van der Waals surface area (Å²) in [6, 6.07) is 4.05. The molecule has 0 fully saturated rings. The zero-order valence-electron chi connectivity index (χ0n) is 11.9. The zero-order chi connectivity index (χ0) is 18.1. The van der Waals surface area contributed by atoms with Crippen molar-refractivity contribution in [1.82, 2.24) is 4.72 Å². The second-order valence-electron chi connectivity index (χ2n) is 4.64. The van der Waals surface area contributed by atoms with Crippen LogP contribution in [0.25, 0.3) is 0 Å². The van der Waals surface area contributed by atoms with Crippen molar-refractivity contribution in [2.75, 3.05) is 6.26 Å². The highest BCUT2D eigenvalue weighted by atomic mass is 35.5. The van der Waals surface area contributed by atoms with E-state index in [2.05, 4.69) is 0 Å². The second kappa shape index (κ2) is 6.70. The van der Waals surface area contributed by atoms with Gasteiger partial charge in [-0.1, -0.05) is 11.6 Å². The lowest BCUT2D eigenvalue weighted by molar-refractivity contribution is 0.0977. The second-order valence-corrected chi connectivity index (χ2v) is 6.80. The highest BCUT2D eigenvalue weighted by Crippen LogP contribution is 2.32. The number of carbonyl (C=O) groups excluding carboxylic acids is 1. The number of carbonyl (C=O) groups is 1. The minimum atomic E-state index is -3.94. The molecule has 0 aliphatic heterocycles. The lowest BCUT2D eigenvalue weighted by atomic mass is 10.2. The third-order valence-electron chi connectivity index (χ3n) is 2.66. The zero-order valence-corrected chi connectivity index (χ0v) is 13.5. The van der Waals surface area contributed by atoms with Crippen molar-refractivity contribution < 1.29 is 31.1 Å². The number of hydrogen-bond donors (Lipinski definition) is 1. The van der Waals surface area contributed by atoms with E-state index in [1.54, 1.807) is 0 Å². The van der Waals surface area contributed by atoms with Gasteiger partial charge in [-0.05, 0) is 24.3 Å².